The van der Waals surface area contributed by atoms with E-state index in [-0.39, 0.29) is 13.0 Å². The largest absolute Gasteiger partial charge is 0.497 e. The van der Waals surface area contributed by atoms with E-state index in [0.717, 1.165) is 27.3 Å². The van der Waals surface area contributed by atoms with Crippen molar-refractivity contribution in [2.24, 2.45) is 0 Å². The standard InChI is InChI=1S/C30H31N2O10P/c1-38-23-12-8-21(9-13-23)30(20-6-4-3-5-7-20,22-10-14-24(39-2)15-11-22)40-19-26-25(42-43(35,36)37)18-28(41-26)32-17-16-27(33)31-29(32)34/h3-17,25-26,28H,18-19H2,1-2H3,(H,31,33,34)(H2,35,36,37)/t25-,26+,28+/m0/s1. The van der Waals surface area contributed by atoms with E-state index in [1.807, 2.05) is 78.9 Å². The maximum Gasteiger partial charge on any atom is 0.469 e. The molecule has 5 rings (SSSR count). The summed E-state index contributed by atoms with van der Waals surface area (Å²) in [6, 6.07) is 25.4. The predicted molar refractivity (Wildman–Crippen MR) is 155 cm³/mol. The zero-order valence-electron chi connectivity index (χ0n) is 23.4. The minimum absolute atomic E-state index is 0.0888. The van der Waals surface area contributed by atoms with E-state index < -0.39 is 43.1 Å². The van der Waals surface area contributed by atoms with Crippen molar-refractivity contribution in [2.75, 3.05) is 20.8 Å². The van der Waals surface area contributed by atoms with Crippen LogP contribution in [0, 0.1) is 0 Å². The van der Waals surface area contributed by atoms with Gasteiger partial charge in [-0.3, -0.25) is 18.9 Å². The second-order valence-corrected chi connectivity index (χ2v) is 11.0. The quantitative estimate of drug-likeness (QED) is 0.170. The molecule has 0 amide bonds. The minimum Gasteiger partial charge on any atom is -0.497 e. The minimum atomic E-state index is -4.96. The van der Waals surface area contributed by atoms with Crippen molar-refractivity contribution in [3.8, 4) is 11.5 Å². The van der Waals surface area contributed by atoms with Crippen LogP contribution in [0.4, 0.5) is 0 Å². The first-order chi connectivity index (χ1) is 20.6. The summed E-state index contributed by atoms with van der Waals surface area (Å²) in [6.45, 7) is -0.202. The Balaban J connectivity index is 1.58. The van der Waals surface area contributed by atoms with E-state index >= 15 is 0 Å². The second kappa shape index (κ2) is 12.7. The molecule has 0 aliphatic carbocycles. The molecule has 1 aliphatic rings. The van der Waals surface area contributed by atoms with Crippen LogP contribution in [0.3, 0.4) is 0 Å². The van der Waals surface area contributed by atoms with Gasteiger partial charge in [-0.15, -0.1) is 0 Å². The molecule has 12 nitrogen and oxygen atoms in total. The van der Waals surface area contributed by atoms with E-state index in [4.69, 9.17) is 23.5 Å². The Morgan fingerprint density at radius 2 is 1.44 bits per heavy atom. The third kappa shape index (κ3) is 6.65. The number of hydrogen-bond acceptors (Lipinski definition) is 8. The van der Waals surface area contributed by atoms with Gasteiger partial charge in [0.05, 0.1) is 20.8 Å². The monoisotopic (exact) mass is 610 g/mol. The molecule has 1 aliphatic heterocycles. The molecule has 3 aromatic carbocycles. The lowest BCUT2D eigenvalue weighted by Gasteiger charge is -2.37. The molecule has 226 valence electrons. The summed E-state index contributed by atoms with van der Waals surface area (Å²) in [4.78, 5) is 45.6. The Morgan fingerprint density at radius 3 is 1.95 bits per heavy atom. The maximum absolute atomic E-state index is 12.5. The summed E-state index contributed by atoms with van der Waals surface area (Å²) in [7, 11) is -1.81. The number of rotatable bonds is 11. The lowest BCUT2D eigenvalue weighted by Crippen LogP contribution is -2.38. The molecule has 0 saturated carbocycles. The molecule has 1 fully saturated rings. The van der Waals surface area contributed by atoms with Crippen molar-refractivity contribution >= 4 is 7.82 Å². The first-order valence-electron chi connectivity index (χ1n) is 13.3. The third-order valence-electron chi connectivity index (χ3n) is 7.25. The fourth-order valence-electron chi connectivity index (χ4n) is 5.24. The number of nitrogens with one attached hydrogen (secondary N) is 1. The van der Waals surface area contributed by atoms with Crippen LogP contribution >= 0.6 is 7.82 Å². The maximum atomic E-state index is 12.5. The molecule has 0 bridgehead atoms. The van der Waals surface area contributed by atoms with Gasteiger partial charge >= 0.3 is 13.5 Å². The normalized spacial score (nSPS) is 18.8. The Morgan fingerprint density at radius 1 is 0.884 bits per heavy atom. The summed E-state index contributed by atoms with van der Waals surface area (Å²) >= 11 is 0. The molecular formula is C30H31N2O10P. The van der Waals surface area contributed by atoms with Gasteiger partial charge in [0.1, 0.15) is 35.5 Å². The fraction of sp³-hybridized carbons (Fsp3) is 0.267. The van der Waals surface area contributed by atoms with Gasteiger partial charge in [-0.05, 0) is 41.0 Å². The van der Waals surface area contributed by atoms with Gasteiger partial charge < -0.3 is 28.7 Å². The van der Waals surface area contributed by atoms with Crippen LogP contribution in [-0.4, -0.2) is 52.4 Å². The van der Waals surface area contributed by atoms with Crippen molar-refractivity contribution in [1.82, 2.24) is 9.55 Å². The summed E-state index contributed by atoms with van der Waals surface area (Å²) in [6.07, 6.45) is -1.98. The number of phosphoric acid groups is 1. The highest BCUT2D eigenvalue weighted by Crippen LogP contribution is 2.46. The van der Waals surface area contributed by atoms with Gasteiger partial charge in [0, 0.05) is 18.7 Å². The summed E-state index contributed by atoms with van der Waals surface area (Å²) in [5, 5.41) is 0. The van der Waals surface area contributed by atoms with Gasteiger partial charge in [-0.1, -0.05) is 54.6 Å². The molecule has 1 saturated heterocycles. The van der Waals surface area contributed by atoms with Crippen LogP contribution in [0.2, 0.25) is 0 Å². The SMILES string of the molecule is COc1ccc(C(OC[C@H]2O[C@@H](n3ccc(=O)[nH]c3=O)C[C@@H]2OP(=O)(O)O)(c2ccccc2)c2ccc(OC)cc2)cc1. The average Bonchev–Trinajstić information content (AvgIpc) is 3.39. The van der Waals surface area contributed by atoms with Crippen molar-refractivity contribution in [3.05, 3.63) is 129 Å². The highest BCUT2D eigenvalue weighted by molar-refractivity contribution is 7.46. The average molecular weight is 611 g/mol. The lowest BCUT2D eigenvalue weighted by atomic mass is 9.80. The van der Waals surface area contributed by atoms with Crippen molar-refractivity contribution < 1.29 is 37.8 Å². The zero-order valence-corrected chi connectivity index (χ0v) is 24.3. The van der Waals surface area contributed by atoms with Gasteiger partial charge in [0.25, 0.3) is 5.56 Å². The Hall–Kier alpha value is -4.03. The van der Waals surface area contributed by atoms with E-state index in [1.54, 1.807) is 14.2 Å². The second-order valence-electron chi connectivity index (χ2n) is 9.83. The number of aromatic amines is 1. The number of methoxy groups -OCH3 is 2. The van der Waals surface area contributed by atoms with Crippen LogP contribution in [-0.2, 0) is 24.2 Å². The molecule has 2 heterocycles. The number of benzene rings is 3. The third-order valence-corrected chi connectivity index (χ3v) is 7.80. The number of ether oxygens (including phenoxy) is 4. The summed E-state index contributed by atoms with van der Waals surface area (Å²) in [5.74, 6) is 1.28. The van der Waals surface area contributed by atoms with Crippen molar-refractivity contribution in [2.45, 2.75) is 30.5 Å². The van der Waals surface area contributed by atoms with E-state index in [0.29, 0.717) is 11.5 Å². The highest BCUT2D eigenvalue weighted by Gasteiger charge is 2.44. The van der Waals surface area contributed by atoms with Crippen LogP contribution < -0.4 is 20.7 Å². The van der Waals surface area contributed by atoms with Crippen LogP contribution in [0.5, 0.6) is 11.5 Å². The fourth-order valence-corrected chi connectivity index (χ4v) is 5.82. The molecule has 0 unspecified atom stereocenters. The van der Waals surface area contributed by atoms with Gasteiger partial charge in [0.2, 0.25) is 0 Å². The number of nitrogens with zero attached hydrogens (tertiary/aromatic N) is 1. The summed E-state index contributed by atoms with van der Waals surface area (Å²) < 4.78 is 41.8. The summed E-state index contributed by atoms with van der Waals surface area (Å²) in [5.41, 5.74) is -0.308. The van der Waals surface area contributed by atoms with Gasteiger partial charge in [-0.25, -0.2) is 9.36 Å². The van der Waals surface area contributed by atoms with Gasteiger partial charge in [0.15, 0.2) is 0 Å². The molecule has 1 aromatic heterocycles. The van der Waals surface area contributed by atoms with E-state index in [2.05, 4.69) is 4.98 Å². The first-order valence-corrected chi connectivity index (χ1v) is 14.9. The van der Waals surface area contributed by atoms with Crippen LogP contribution in [0.15, 0.2) is 101 Å². The lowest BCUT2D eigenvalue weighted by molar-refractivity contribution is -0.0934. The Labute approximate surface area is 246 Å². The van der Waals surface area contributed by atoms with Crippen LogP contribution in [0.1, 0.15) is 29.3 Å². The molecular weight excluding hydrogens is 579 g/mol. The Kier molecular flexibility index (Phi) is 8.97. The van der Waals surface area contributed by atoms with Crippen molar-refractivity contribution in [1.29, 1.82) is 0 Å². The number of aromatic nitrogens is 2. The zero-order chi connectivity index (χ0) is 30.6. The topological polar surface area (TPSA) is 159 Å². The van der Waals surface area contributed by atoms with Crippen molar-refractivity contribution in [3.63, 3.8) is 0 Å². The van der Waals surface area contributed by atoms with E-state index in [1.165, 1.54) is 6.20 Å². The predicted octanol–water partition coefficient (Wildman–Crippen LogP) is 3.33. The Bertz CT molecular complexity index is 1640. The molecule has 3 atom stereocenters. The highest BCUT2D eigenvalue weighted by atomic mass is 31.2. The first kappa shape index (κ1) is 30.4. The number of H-pyrrole nitrogens is 1. The number of hydrogen-bond donors (Lipinski definition) is 3. The molecule has 4 aromatic rings. The number of phosphoric ester groups is 1. The van der Waals surface area contributed by atoms with Gasteiger partial charge in [-0.2, -0.15) is 0 Å². The van der Waals surface area contributed by atoms with E-state index in [9.17, 15) is 23.9 Å². The molecule has 3 N–H and O–H groups in total. The molecule has 0 spiro atoms. The molecule has 13 heteroatoms. The molecule has 0 radical (unpaired) electrons. The van der Waals surface area contributed by atoms with Crippen LogP contribution in [0.25, 0.3) is 0 Å². The smallest absolute Gasteiger partial charge is 0.469 e. The molecule has 43 heavy (non-hydrogen) atoms.